The van der Waals surface area contributed by atoms with Crippen molar-refractivity contribution >= 4 is 0 Å². The molecule has 0 aliphatic heterocycles. The largest absolute Gasteiger partial charge is 0.494 e. The van der Waals surface area contributed by atoms with Crippen molar-refractivity contribution in [2.45, 2.75) is 20.0 Å². The smallest absolute Gasteiger partial charge is 0.123 e. The molecule has 2 rings (SSSR count). The third-order valence-electron chi connectivity index (χ3n) is 2.81. The molecule has 0 bridgehead atoms. The number of rotatable bonds is 6. The predicted octanol–water partition coefficient (Wildman–Crippen LogP) is 3.51. The van der Waals surface area contributed by atoms with Crippen LogP contribution < -0.4 is 10.1 Å². The lowest BCUT2D eigenvalue weighted by atomic mass is 10.2. The summed E-state index contributed by atoms with van der Waals surface area (Å²) in [6.45, 7) is 3.96. The van der Waals surface area contributed by atoms with Crippen LogP contribution in [0, 0.1) is 5.82 Å². The van der Waals surface area contributed by atoms with E-state index >= 15 is 0 Å². The molecule has 19 heavy (non-hydrogen) atoms. The average molecular weight is 259 g/mol. The van der Waals surface area contributed by atoms with Gasteiger partial charge in [0.05, 0.1) is 6.61 Å². The van der Waals surface area contributed by atoms with Gasteiger partial charge >= 0.3 is 0 Å². The Morgan fingerprint density at radius 3 is 2.68 bits per heavy atom. The van der Waals surface area contributed by atoms with Crippen LogP contribution in [0.1, 0.15) is 18.1 Å². The Morgan fingerprint density at radius 1 is 1.05 bits per heavy atom. The molecule has 100 valence electrons. The standard InChI is InChI=1S/C16H18FNO/c1-2-19-16-9-4-3-7-14(16)12-18-11-13-6-5-8-15(17)10-13/h3-10,18H,2,11-12H2,1H3. The van der Waals surface area contributed by atoms with Crippen LogP contribution in [0.2, 0.25) is 0 Å². The first-order valence-corrected chi connectivity index (χ1v) is 6.45. The molecular formula is C16H18FNO. The maximum Gasteiger partial charge on any atom is 0.123 e. The number of hydrogen-bond donors (Lipinski definition) is 1. The summed E-state index contributed by atoms with van der Waals surface area (Å²) in [4.78, 5) is 0. The summed E-state index contributed by atoms with van der Waals surface area (Å²) >= 11 is 0. The number of hydrogen-bond acceptors (Lipinski definition) is 2. The Bertz CT molecular complexity index is 528. The molecule has 0 unspecified atom stereocenters. The summed E-state index contributed by atoms with van der Waals surface area (Å²) in [6.07, 6.45) is 0. The molecule has 2 aromatic rings. The molecule has 1 N–H and O–H groups in total. The van der Waals surface area contributed by atoms with Gasteiger partial charge in [0.15, 0.2) is 0 Å². The average Bonchev–Trinajstić information content (AvgIpc) is 2.41. The minimum Gasteiger partial charge on any atom is -0.494 e. The minimum atomic E-state index is -0.200. The molecule has 0 fully saturated rings. The van der Waals surface area contributed by atoms with E-state index in [4.69, 9.17) is 4.74 Å². The van der Waals surface area contributed by atoms with Gasteiger partial charge in [0, 0.05) is 18.7 Å². The monoisotopic (exact) mass is 259 g/mol. The fourth-order valence-corrected chi connectivity index (χ4v) is 1.93. The topological polar surface area (TPSA) is 21.3 Å². The zero-order chi connectivity index (χ0) is 13.5. The normalized spacial score (nSPS) is 10.4. The summed E-state index contributed by atoms with van der Waals surface area (Å²) in [5.41, 5.74) is 2.05. The Kier molecular flexibility index (Phi) is 4.93. The van der Waals surface area contributed by atoms with Gasteiger partial charge in [-0.3, -0.25) is 0 Å². The summed E-state index contributed by atoms with van der Waals surface area (Å²) in [6, 6.07) is 14.6. The van der Waals surface area contributed by atoms with Crippen LogP contribution in [0.4, 0.5) is 4.39 Å². The van der Waals surface area contributed by atoms with Gasteiger partial charge in [-0.1, -0.05) is 30.3 Å². The molecule has 0 aliphatic carbocycles. The van der Waals surface area contributed by atoms with E-state index in [-0.39, 0.29) is 5.82 Å². The lowest BCUT2D eigenvalue weighted by molar-refractivity contribution is 0.335. The first-order chi connectivity index (χ1) is 9.29. The number of nitrogens with one attached hydrogen (secondary N) is 1. The van der Waals surface area contributed by atoms with Crippen molar-refractivity contribution in [3.8, 4) is 5.75 Å². The van der Waals surface area contributed by atoms with Gasteiger partial charge in [-0.05, 0) is 30.7 Å². The minimum absolute atomic E-state index is 0.200. The molecule has 0 radical (unpaired) electrons. The van der Waals surface area contributed by atoms with Gasteiger partial charge in [-0.2, -0.15) is 0 Å². The van der Waals surface area contributed by atoms with Gasteiger partial charge in [0.2, 0.25) is 0 Å². The maximum atomic E-state index is 13.0. The van der Waals surface area contributed by atoms with Gasteiger partial charge in [-0.15, -0.1) is 0 Å². The quantitative estimate of drug-likeness (QED) is 0.857. The van der Waals surface area contributed by atoms with E-state index in [1.165, 1.54) is 6.07 Å². The van der Waals surface area contributed by atoms with E-state index in [2.05, 4.69) is 5.32 Å². The first-order valence-electron chi connectivity index (χ1n) is 6.45. The zero-order valence-corrected chi connectivity index (χ0v) is 11.0. The van der Waals surface area contributed by atoms with Crippen LogP contribution in [-0.4, -0.2) is 6.61 Å². The van der Waals surface area contributed by atoms with Gasteiger partial charge in [0.1, 0.15) is 11.6 Å². The Labute approximate surface area is 113 Å². The number of halogens is 1. The molecule has 0 spiro atoms. The van der Waals surface area contributed by atoms with E-state index < -0.39 is 0 Å². The molecule has 3 heteroatoms. The fourth-order valence-electron chi connectivity index (χ4n) is 1.93. The van der Waals surface area contributed by atoms with Crippen LogP contribution in [0.5, 0.6) is 5.75 Å². The van der Waals surface area contributed by atoms with Crippen molar-refractivity contribution < 1.29 is 9.13 Å². The zero-order valence-electron chi connectivity index (χ0n) is 11.0. The number of para-hydroxylation sites is 1. The van der Waals surface area contributed by atoms with Crippen LogP contribution in [0.3, 0.4) is 0 Å². The molecule has 0 saturated carbocycles. The molecule has 0 aliphatic rings. The summed E-state index contributed by atoms with van der Waals surface area (Å²) in [5, 5.41) is 3.30. The second kappa shape index (κ2) is 6.90. The maximum absolute atomic E-state index is 13.0. The predicted molar refractivity (Wildman–Crippen MR) is 74.6 cm³/mol. The van der Waals surface area contributed by atoms with E-state index in [1.807, 2.05) is 37.3 Å². The third kappa shape index (κ3) is 4.07. The molecule has 0 heterocycles. The highest BCUT2D eigenvalue weighted by atomic mass is 19.1. The van der Waals surface area contributed by atoms with E-state index in [0.717, 1.165) is 16.9 Å². The fraction of sp³-hybridized carbons (Fsp3) is 0.250. The second-order valence-electron chi connectivity index (χ2n) is 4.27. The molecule has 2 aromatic carbocycles. The van der Waals surface area contributed by atoms with Crippen molar-refractivity contribution in [2.75, 3.05) is 6.61 Å². The highest BCUT2D eigenvalue weighted by Crippen LogP contribution is 2.17. The van der Waals surface area contributed by atoms with Crippen LogP contribution in [-0.2, 0) is 13.1 Å². The summed E-state index contributed by atoms with van der Waals surface area (Å²) in [5.74, 6) is 0.700. The van der Waals surface area contributed by atoms with Crippen LogP contribution in [0.25, 0.3) is 0 Å². The van der Waals surface area contributed by atoms with Crippen molar-refractivity contribution in [1.29, 1.82) is 0 Å². The summed E-state index contributed by atoms with van der Waals surface area (Å²) in [7, 11) is 0. The molecule has 2 nitrogen and oxygen atoms in total. The number of ether oxygens (including phenoxy) is 1. The molecule has 0 atom stereocenters. The van der Waals surface area contributed by atoms with Crippen molar-refractivity contribution in [3.05, 3.63) is 65.5 Å². The Morgan fingerprint density at radius 2 is 1.89 bits per heavy atom. The van der Waals surface area contributed by atoms with Crippen LogP contribution in [0.15, 0.2) is 48.5 Å². The SMILES string of the molecule is CCOc1ccccc1CNCc1cccc(F)c1. The van der Waals surface area contributed by atoms with Crippen molar-refractivity contribution in [1.82, 2.24) is 5.32 Å². The Balaban J connectivity index is 1.92. The number of benzene rings is 2. The summed E-state index contributed by atoms with van der Waals surface area (Å²) < 4.78 is 18.6. The lowest BCUT2D eigenvalue weighted by Gasteiger charge is -2.11. The lowest BCUT2D eigenvalue weighted by Crippen LogP contribution is -2.13. The highest BCUT2D eigenvalue weighted by molar-refractivity contribution is 5.33. The highest BCUT2D eigenvalue weighted by Gasteiger charge is 2.02. The van der Waals surface area contributed by atoms with Crippen molar-refractivity contribution in [3.63, 3.8) is 0 Å². The van der Waals surface area contributed by atoms with Crippen LogP contribution >= 0.6 is 0 Å². The van der Waals surface area contributed by atoms with Gasteiger partial charge < -0.3 is 10.1 Å². The molecule has 0 aromatic heterocycles. The van der Waals surface area contributed by atoms with E-state index in [9.17, 15) is 4.39 Å². The van der Waals surface area contributed by atoms with Gasteiger partial charge in [-0.25, -0.2) is 4.39 Å². The second-order valence-corrected chi connectivity index (χ2v) is 4.27. The van der Waals surface area contributed by atoms with E-state index in [1.54, 1.807) is 12.1 Å². The van der Waals surface area contributed by atoms with E-state index in [0.29, 0.717) is 19.7 Å². The first kappa shape index (κ1) is 13.6. The third-order valence-corrected chi connectivity index (χ3v) is 2.81. The molecule has 0 amide bonds. The van der Waals surface area contributed by atoms with Gasteiger partial charge in [0.25, 0.3) is 0 Å². The molecular weight excluding hydrogens is 241 g/mol. The molecule has 0 saturated heterocycles. The Hall–Kier alpha value is -1.87. The van der Waals surface area contributed by atoms with Crippen molar-refractivity contribution in [2.24, 2.45) is 0 Å².